The highest BCUT2D eigenvalue weighted by molar-refractivity contribution is 5.85. The van der Waals surface area contributed by atoms with Crippen LogP contribution in [-0.4, -0.2) is 9.67 Å². The van der Waals surface area contributed by atoms with Crippen LogP contribution in [-0.2, 0) is 6.61 Å². The number of aryl methyl sites for hydroxylation is 1. The maximum atomic E-state index is 9.77. The maximum Gasteiger partial charge on any atom is 0.120 e. The minimum absolute atomic E-state index is 0.283. The van der Waals surface area contributed by atoms with E-state index in [9.17, 15) is 5.11 Å². The van der Waals surface area contributed by atoms with Gasteiger partial charge < -0.3 is 14.4 Å². The molecule has 1 heterocycles. The van der Waals surface area contributed by atoms with Crippen molar-refractivity contribution < 1.29 is 9.84 Å². The average Bonchev–Trinajstić information content (AvgIpc) is 2.83. The Morgan fingerprint density at radius 2 is 1.95 bits per heavy atom. The molecule has 0 aliphatic rings. The van der Waals surface area contributed by atoms with Crippen LogP contribution in [0.5, 0.6) is 11.5 Å². The van der Waals surface area contributed by atoms with Gasteiger partial charge in [0.25, 0.3) is 0 Å². The molecule has 3 nitrogen and oxygen atoms in total. The van der Waals surface area contributed by atoms with Crippen molar-refractivity contribution in [1.29, 1.82) is 0 Å². The summed E-state index contributed by atoms with van der Waals surface area (Å²) >= 11 is 0. The monoisotopic (exact) mass is 295 g/mol. The number of aromatic hydroxyl groups is 1. The Morgan fingerprint density at radius 3 is 2.68 bits per heavy atom. The quantitative estimate of drug-likeness (QED) is 0.749. The van der Waals surface area contributed by atoms with Crippen molar-refractivity contribution in [2.24, 2.45) is 0 Å². The lowest BCUT2D eigenvalue weighted by Crippen LogP contribution is -1.98. The molecule has 0 bridgehead atoms. The Hall–Kier alpha value is -2.42. The van der Waals surface area contributed by atoms with E-state index >= 15 is 0 Å². The van der Waals surface area contributed by atoms with Crippen molar-refractivity contribution in [2.75, 3.05) is 0 Å². The van der Waals surface area contributed by atoms with Gasteiger partial charge in [-0.25, -0.2) is 0 Å². The van der Waals surface area contributed by atoms with E-state index in [-0.39, 0.29) is 5.75 Å². The second kappa shape index (κ2) is 5.76. The minimum atomic E-state index is 0.283. The van der Waals surface area contributed by atoms with Crippen LogP contribution < -0.4 is 4.74 Å². The van der Waals surface area contributed by atoms with Gasteiger partial charge >= 0.3 is 0 Å². The molecule has 0 fully saturated rings. The zero-order valence-corrected chi connectivity index (χ0v) is 13.2. The number of ether oxygens (including phenoxy) is 1. The van der Waals surface area contributed by atoms with Gasteiger partial charge in [0.1, 0.15) is 18.1 Å². The first-order valence-corrected chi connectivity index (χ1v) is 7.56. The largest absolute Gasteiger partial charge is 0.508 e. The molecule has 0 saturated heterocycles. The van der Waals surface area contributed by atoms with Crippen molar-refractivity contribution in [3.63, 3.8) is 0 Å². The molecule has 0 unspecified atom stereocenters. The highest BCUT2D eigenvalue weighted by Gasteiger charge is 2.12. The molecular weight excluding hydrogens is 274 g/mol. The second-order valence-corrected chi connectivity index (χ2v) is 5.96. The van der Waals surface area contributed by atoms with E-state index in [2.05, 4.69) is 37.6 Å². The molecule has 1 aromatic heterocycles. The Balaban J connectivity index is 1.94. The van der Waals surface area contributed by atoms with Crippen molar-refractivity contribution in [1.82, 2.24) is 4.57 Å². The van der Waals surface area contributed by atoms with Gasteiger partial charge in [0, 0.05) is 28.7 Å². The van der Waals surface area contributed by atoms with Crippen LogP contribution in [0.4, 0.5) is 0 Å². The number of hydrogen-bond donors (Lipinski definition) is 1. The molecule has 0 aliphatic heterocycles. The standard InChI is InChI=1S/C19H21NO2/c1-13(2)20-11-15(18-10-16(21)7-8-19(18)20)12-22-17-6-4-5-14(3)9-17/h4-11,13,21H,12H2,1-3H3. The maximum absolute atomic E-state index is 9.77. The zero-order valence-electron chi connectivity index (χ0n) is 13.2. The van der Waals surface area contributed by atoms with E-state index < -0.39 is 0 Å². The minimum Gasteiger partial charge on any atom is -0.508 e. The zero-order chi connectivity index (χ0) is 15.7. The highest BCUT2D eigenvalue weighted by atomic mass is 16.5. The molecule has 0 saturated carbocycles. The van der Waals surface area contributed by atoms with Gasteiger partial charge in [0.05, 0.1) is 0 Å². The molecule has 3 heteroatoms. The molecular formula is C19H21NO2. The average molecular weight is 295 g/mol. The molecule has 0 amide bonds. The fourth-order valence-electron chi connectivity index (χ4n) is 2.72. The Morgan fingerprint density at radius 1 is 1.14 bits per heavy atom. The molecule has 22 heavy (non-hydrogen) atoms. The molecule has 0 spiro atoms. The van der Waals surface area contributed by atoms with Gasteiger partial charge in [0.2, 0.25) is 0 Å². The third-order valence-corrected chi connectivity index (χ3v) is 3.84. The van der Waals surface area contributed by atoms with E-state index in [1.807, 2.05) is 30.3 Å². The van der Waals surface area contributed by atoms with Gasteiger partial charge in [0.15, 0.2) is 0 Å². The van der Waals surface area contributed by atoms with Gasteiger partial charge in [-0.2, -0.15) is 0 Å². The van der Waals surface area contributed by atoms with Gasteiger partial charge in [-0.1, -0.05) is 12.1 Å². The van der Waals surface area contributed by atoms with Crippen molar-refractivity contribution in [3.05, 3.63) is 59.8 Å². The van der Waals surface area contributed by atoms with Gasteiger partial charge in [-0.3, -0.25) is 0 Å². The number of rotatable bonds is 4. The van der Waals surface area contributed by atoms with Crippen molar-refractivity contribution in [2.45, 2.75) is 33.4 Å². The lowest BCUT2D eigenvalue weighted by Gasteiger charge is -2.08. The predicted octanol–water partition coefficient (Wildman–Crippen LogP) is 4.82. The number of phenolic OH excluding ortho intramolecular Hbond substituents is 1. The molecule has 1 N–H and O–H groups in total. The number of hydrogen-bond acceptors (Lipinski definition) is 2. The number of nitrogens with zero attached hydrogens (tertiary/aromatic N) is 1. The molecule has 0 atom stereocenters. The molecule has 0 radical (unpaired) electrons. The first-order chi connectivity index (χ1) is 10.5. The SMILES string of the molecule is Cc1cccc(OCc2cn(C(C)C)c3ccc(O)cc23)c1. The number of aromatic nitrogens is 1. The summed E-state index contributed by atoms with van der Waals surface area (Å²) in [7, 11) is 0. The van der Waals surface area contributed by atoms with E-state index in [1.165, 1.54) is 5.56 Å². The van der Waals surface area contributed by atoms with E-state index in [0.717, 1.165) is 22.2 Å². The Kier molecular flexibility index (Phi) is 3.80. The second-order valence-electron chi connectivity index (χ2n) is 5.96. The number of fused-ring (bicyclic) bond motifs is 1. The lowest BCUT2D eigenvalue weighted by molar-refractivity contribution is 0.307. The molecule has 0 aliphatic carbocycles. The molecule has 3 rings (SSSR count). The van der Waals surface area contributed by atoms with Crippen LogP contribution in [0.25, 0.3) is 10.9 Å². The predicted molar refractivity (Wildman–Crippen MR) is 89.5 cm³/mol. The summed E-state index contributed by atoms with van der Waals surface area (Å²) in [5.74, 6) is 1.15. The van der Waals surface area contributed by atoms with E-state index in [1.54, 1.807) is 6.07 Å². The summed E-state index contributed by atoms with van der Waals surface area (Å²) in [6, 6.07) is 13.9. The summed E-state index contributed by atoms with van der Waals surface area (Å²) in [6.45, 7) is 6.84. The first-order valence-electron chi connectivity index (χ1n) is 7.56. The first kappa shape index (κ1) is 14.5. The fourth-order valence-corrected chi connectivity index (χ4v) is 2.72. The van der Waals surface area contributed by atoms with Crippen LogP contribution in [0.2, 0.25) is 0 Å². The van der Waals surface area contributed by atoms with Gasteiger partial charge in [-0.05, 0) is 56.7 Å². The fraction of sp³-hybridized carbons (Fsp3) is 0.263. The van der Waals surface area contributed by atoms with Crippen LogP contribution in [0.15, 0.2) is 48.7 Å². The van der Waals surface area contributed by atoms with Crippen LogP contribution in [0.3, 0.4) is 0 Å². The van der Waals surface area contributed by atoms with E-state index in [0.29, 0.717) is 12.6 Å². The van der Waals surface area contributed by atoms with Crippen molar-refractivity contribution >= 4 is 10.9 Å². The topological polar surface area (TPSA) is 34.4 Å². The lowest BCUT2D eigenvalue weighted by atomic mass is 10.2. The summed E-state index contributed by atoms with van der Waals surface area (Å²) in [5, 5.41) is 10.8. The number of benzene rings is 2. The normalized spacial score (nSPS) is 11.3. The van der Waals surface area contributed by atoms with E-state index in [4.69, 9.17) is 4.74 Å². The van der Waals surface area contributed by atoms with Crippen molar-refractivity contribution in [3.8, 4) is 11.5 Å². The summed E-state index contributed by atoms with van der Waals surface area (Å²) in [5.41, 5.74) is 3.39. The molecule has 3 aromatic rings. The molecule has 114 valence electrons. The third-order valence-electron chi connectivity index (χ3n) is 3.84. The smallest absolute Gasteiger partial charge is 0.120 e. The summed E-state index contributed by atoms with van der Waals surface area (Å²) in [4.78, 5) is 0. The highest BCUT2D eigenvalue weighted by Crippen LogP contribution is 2.29. The number of phenols is 1. The third kappa shape index (κ3) is 2.80. The Labute approximate surface area is 130 Å². The Bertz CT molecular complexity index is 802. The molecule has 2 aromatic carbocycles. The van der Waals surface area contributed by atoms with Crippen LogP contribution in [0, 0.1) is 6.92 Å². The van der Waals surface area contributed by atoms with Crippen LogP contribution >= 0.6 is 0 Å². The summed E-state index contributed by atoms with van der Waals surface area (Å²) in [6.07, 6.45) is 2.12. The van der Waals surface area contributed by atoms with Gasteiger partial charge in [-0.15, -0.1) is 0 Å². The van der Waals surface area contributed by atoms with Crippen LogP contribution in [0.1, 0.15) is 31.0 Å². The summed E-state index contributed by atoms with van der Waals surface area (Å²) < 4.78 is 8.13.